The molecule has 186 valence electrons. The smallest absolute Gasteiger partial charge is 0.236 e. The number of rotatable bonds is 8. The van der Waals surface area contributed by atoms with Gasteiger partial charge in [-0.15, -0.1) is 0 Å². The number of nitriles is 2. The predicted octanol–water partition coefficient (Wildman–Crippen LogP) is 2.45. The SMILES string of the molecule is C[C@H](N)C(=O)NC1CCN(c2nc(SC(C(N)=O)c3ccccc3)c(C#N)c(C3CC3)c2C#N)CC1. The minimum Gasteiger partial charge on any atom is -0.368 e. The van der Waals surface area contributed by atoms with Gasteiger partial charge in [0.25, 0.3) is 0 Å². The van der Waals surface area contributed by atoms with E-state index in [9.17, 15) is 20.1 Å². The fourth-order valence-electron chi connectivity index (χ4n) is 4.48. The van der Waals surface area contributed by atoms with Crippen LogP contribution in [0.4, 0.5) is 5.82 Å². The predicted molar refractivity (Wildman–Crippen MR) is 137 cm³/mol. The van der Waals surface area contributed by atoms with Gasteiger partial charge in [-0.25, -0.2) is 4.98 Å². The number of nitrogens with zero attached hydrogens (tertiary/aromatic N) is 4. The third kappa shape index (κ3) is 5.46. The molecule has 1 saturated heterocycles. The number of pyridine rings is 1. The molecule has 0 spiro atoms. The lowest BCUT2D eigenvalue weighted by atomic mass is 9.98. The van der Waals surface area contributed by atoms with Crippen LogP contribution >= 0.6 is 11.8 Å². The summed E-state index contributed by atoms with van der Waals surface area (Å²) in [5, 5.41) is 22.9. The molecule has 4 rings (SSSR count). The Labute approximate surface area is 214 Å². The fraction of sp³-hybridized carbons (Fsp3) is 0.423. The normalized spacial score (nSPS) is 17.5. The second-order valence-corrected chi connectivity index (χ2v) is 10.4. The standard InChI is InChI=1S/C26H29N7O2S/c1-15(29)25(35)31-18-9-11-33(12-10-18)24-19(13-27)21(16-7-8-16)20(14-28)26(32-24)36-22(23(30)34)17-5-3-2-4-6-17/h2-6,15-16,18,22H,7-12,29H2,1H3,(H2,30,34)(H,31,35)/t15-,22?/m0/s1. The molecule has 2 aromatic rings. The van der Waals surface area contributed by atoms with Crippen LogP contribution in [-0.4, -0.2) is 42.0 Å². The molecule has 1 aliphatic heterocycles. The van der Waals surface area contributed by atoms with Gasteiger partial charge in [0.1, 0.15) is 28.2 Å². The number of aromatic nitrogens is 1. The van der Waals surface area contributed by atoms with E-state index in [1.165, 1.54) is 0 Å². The highest BCUT2D eigenvalue weighted by atomic mass is 32.2. The largest absolute Gasteiger partial charge is 0.368 e. The van der Waals surface area contributed by atoms with Crippen molar-refractivity contribution in [3.8, 4) is 12.1 Å². The van der Waals surface area contributed by atoms with Gasteiger partial charge in [-0.2, -0.15) is 10.5 Å². The Bertz CT molecular complexity index is 1220. The van der Waals surface area contributed by atoms with Crippen molar-refractivity contribution in [2.45, 2.75) is 60.9 Å². The number of carbonyl (C=O) groups is 2. The number of amides is 2. The van der Waals surface area contributed by atoms with Gasteiger partial charge in [-0.05, 0) is 49.7 Å². The summed E-state index contributed by atoms with van der Waals surface area (Å²) in [6.07, 6.45) is 3.17. The Morgan fingerprint density at radius 1 is 1.11 bits per heavy atom. The van der Waals surface area contributed by atoms with Crippen molar-refractivity contribution >= 4 is 29.4 Å². The average Bonchev–Trinajstić information content (AvgIpc) is 3.72. The molecule has 36 heavy (non-hydrogen) atoms. The van der Waals surface area contributed by atoms with Crippen LogP contribution < -0.4 is 21.7 Å². The summed E-state index contributed by atoms with van der Waals surface area (Å²) in [6.45, 7) is 2.82. The highest BCUT2D eigenvalue weighted by molar-refractivity contribution is 8.00. The zero-order valence-electron chi connectivity index (χ0n) is 20.1. The molecule has 1 aromatic carbocycles. The van der Waals surface area contributed by atoms with Crippen LogP contribution in [0.15, 0.2) is 35.4 Å². The van der Waals surface area contributed by atoms with Crippen LogP contribution in [0.25, 0.3) is 0 Å². The van der Waals surface area contributed by atoms with Gasteiger partial charge in [-0.3, -0.25) is 9.59 Å². The van der Waals surface area contributed by atoms with E-state index in [1.54, 1.807) is 6.92 Å². The van der Waals surface area contributed by atoms with Gasteiger partial charge < -0.3 is 21.7 Å². The number of carbonyl (C=O) groups excluding carboxylic acids is 2. The fourth-order valence-corrected chi connectivity index (χ4v) is 5.52. The second-order valence-electron chi connectivity index (χ2n) is 9.27. The van der Waals surface area contributed by atoms with Gasteiger partial charge in [0, 0.05) is 19.1 Å². The monoisotopic (exact) mass is 503 g/mol. The van der Waals surface area contributed by atoms with E-state index in [0.29, 0.717) is 47.9 Å². The summed E-state index contributed by atoms with van der Waals surface area (Å²) < 4.78 is 0. The van der Waals surface area contributed by atoms with Crippen molar-refractivity contribution in [1.29, 1.82) is 10.5 Å². The molecule has 1 aromatic heterocycles. The number of thioether (sulfide) groups is 1. The third-order valence-electron chi connectivity index (χ3n) is 6.54. The molecule has 9 nitrogen and oxygen atoms in total. The van der Waals surface area contributed by atoms with E-state index in [0.717, 1.165) is 35.7 Å². The maximum atomic E-state index is 12.4. The minimum atomic E-state index is -0.724. The average molecular weight is 504 g/mol. The molecule has 2 amide bonds. The summed E-state index contributed by atoms with van der Waals surface area (Å²) in [5.41, 5.74) is 13.7. The quantitative estimate of drug-likeness (QED) is 0.463. The maximum absolute atomic E-state index is 12.4. The van der Waals surface area contributed by atoms with Crippen LogP contribution in [0.1, 0.15) is 66.0 Å². The summed E-state index contributed by atoms with van der Waals surface area (Å²) in [6, 6.07) is 13.2. The number of hydrogen-bond acceptors (Lipinski definition) is 8. The molecule has 2 heterocycles. The molecular weight excluding hydrogens is 474 g/mol. The van der Waals surface area contributed by atoms with Crippen LogP contribution in [0.5, 0.6) is 0 Å². The zero-order chi connectivity index (χ0) is 25.8. The van der Waals surface area contributed by atoms with Crippen molar-refractivity contribution in [3.05, 3.63) is 52.6 Å². The van der Waals surface area contributed by atoms with E-state index >= 15 is 0 Å². The lowest BCUT2D eigenvalue weighted by molar-refractivity contribution is -0.122. The Hall–Kier alpha value is -3.60. The molecule has 2 atom stereocenters. The molecule has 0 bridgehead atoms. The Balaban J connectivity index is 1.69. The first-order chi connectivity index (χ1) is 17.3. The molecule has 2 aliphatic rings. The van der Waals surface area contributed by atoms with Crippen molar-refractivity contribution in [2.24, 2.45) is 11.5 Å². The first-order valence-electron chi connectivity index (χ1n) is 12.0. The van der Waals surface area contributed by atoms with E-state index < -0.39 is 17.2 Å². The van der Waals surface area contributed by atoms with E-state index in [2.05, 4.69) is 17.5 Å². The first kappa shape index (κ1) is 25.5. The van der Waals surface area contributed by atoms with Crippen molar-refractivity contribution in [2.75, 3.05) is 18.0 Å². The van der Waals surface area contributed by atoms with Gasteiger partial charge in [0.15, 0.2) is 0 Å². The summed E-state index contributed by atoms with van der Waals surface area (Å²) >= 11 is 1.15. The Morgan fingerprint density at radius 3 is 2.28 bits per heavy atom. The molecule has 0 radical (unpaired) electrons. The van der Waals surface area contributed by atoms with E-state index in [1.807, 2.05) is 35.2 Å². The molecule has 1 saturated carbocycles. The lowest BCUT2D eigenvalue weighted by Crippen LogP contribution is -2.49. The van der Waals surface area contributed by atoms with Crippen molar-refractivity contribution < 1.29 is 9.59 Å². The van der Waals surface area contributed by atoms with Gasteiger partial charge in [-0.1, -0.05) is 42.1 Å². The van der Waals surface area contributed by atoms with Crippen LogP contribution in [0.3, 0.4) is 0 Å². The van der Waals surface area contributed by atoms with Gasteiger partial charge in [0.05, 0.1) is 17.2 Å². The summed E-state index contributed by atoms with van der Waals surface area (Å²) in [5.74, 6) is -0.0617. The van der Waals surface area contributed by atoms with Crippen molar-refractivity contribution in [3.63, 3.8) is 0 Å². The number of anilines is 1. The summed E-state index contributed by atoms with van der Waals surface area (Å²) in [4.78, 5) is 31.2. The van der Waals surface area contributed by atoms with Gasteiger partial charge >= 0.3 is 0 Å². The molecule has 10 heteroatoms. The molecular formula is C26H29N7O2S. The van der Waals surface area contributed by atoms with Crippen LogP contribution in [0, 0.1) is 22.7 Å². The van der Waals surface area contributed by atoms with Crippen molar-refractivity contribution in [1.82, 2.24) is 10.3 Å². The second kappa shape index (κ2) is 11.0. The number of benzene rings is 1. The zero-order valence-corrected chi connectivity index (χ0v) is 20.9. The van der Waals surface area contributed by atoms with Gasteiger partial charge in [0.2, 0.25) is 11.8 Å². The van der Waals surface area contributed by atoms with Crippen LogP contribution in [0.2, 0.25) is 0 Å². The minimum absolute atomic E-state index is 0.00209. The molecule has 1 unspecified atom stereocenters. The Morgan fingerprint density at radius 2 is 1.75 bits per heavy atom. The molecule has 5 N–H and O–H groups in total. The number of nitrogens with two attached hydrogens (primary N) is 2. The lowest BCUT2D eigenvalue weighted by Gasteiger charge is -2.34. The number of primary amides is 1. The maximum Gasteiger partial charge on any atom is 0.236 e. The topological polar surface area (TPSA) is 162 Å². The summed E-state index contributed by atoms with van der Waals surface area (Å²) in [7, 11) is 0. The Kier molecular flexibility index (Phi) is 7.78. The highest BCUT2D eigenvalue weighted by Gasteiger charge is 2.36. The van der Waals surface area contributed by atoms with Crippen LogP contribution in [-0.2, 0) is 9.59 Å². The number of nitrogens with one attached hydrogen (secondary N) is 1. The van der Waals surface area contributed by atoms with E-state index in [-0.39, 0.29) is 17.9 Å². The first-order valence-corrected chi connectivity index (χ1v) is 12.9. The number of hydrogen-bond donors (Lipinski definition) is 3. The van der Waals surface area contributed by atoms with E-state index in [4.69, 9.17) is 16.5 Å². The molecule has 2 fully saturated rings. The third-order valence-corrected chi connectivity index (χ3v) is 7.80. The number of piperidine rings is 1. The molecule has 1 aliphatic carbocycles. The highest BCUT2D eigenvalue weighted by Crippen LogP contribution is 2.48.